The van der Waals surface area contributed by atoms with Crippen molar-refractivity contribution in [1.29, 1.82) is 0 Å². The molecule has 0 saturated carbocycles. The van der Waals surface area contributed by atoms with Gasteiger partial charge in [0, 0.05) is 16.7 Å². The van der Waals surface area contributed by atoms with Gasteiger partial charge < -0.3 is 14.8 Å². The standard InChI is InChI=1S/C25H18BrFN4O2/c1-32-20-11-10-14(12-17(20)26)23-21-22(30-25-28-13-29-31(23)25)16-7-3-5-9-19(16)33-24(21)15-6-2-4-8-18(15)27/h2-13,23-24H,1H3,(H,28,29,30)/t23-,24-/m0/s1. The molecule has 0 aliphatic carbocycles. The van der Waals surface area contributed by atoms with Crippen LogP contribution < -0.4 is 14.8 Å². The molecule has 1 aromatic heterocycles. The van der Waals surface area contributed by atoms with Crippen molar-refractivity contribution < 1.29 is 13.9 Å². The first-order valence-corrected chi connectivity index (χ1v) is 11.2. The molecule has 0 spiro atoms. The summed E-state index contributed by atoms with van der Waals surface area (Å²) in [6.45, 7) is 0. The number of anilines is 1. The van der Waals surface area contributed by atoms with Gasteiger partial charge in [0.1, 0.15) is 29.7 Å². The Morgan fingerprint density at radius 2 is 1.91 bits per heavy atom. The fourth-order valence-corrected chi connectivity index (χ4v) is 5.10. The molecule has 3 aromatic carbocycles. The number of fused-ring (bicyclic) bond motifs is 3. The van der Waals surface area contributed by atoms with Gasteiger partial charge >= 0.3 is 0 Å². The van der Waals surface area contributed by atoms with E-state index in [4.69, 9.17) is 9.47 Å². The lowest BCUT2D eigenvalue weighted by Gasteiger charge is -2.39. The van der Waals surface area contributed by atoms with Crippen LogP contribution in [0.25, 0.3) is 5.70 Å². The van der Waals surface area contributed by atoms with Gasteiger partial charge in [-0.05, 0) is 51.8 Å². The van der Waals surface area contributed by atoms with E-state index < -0.39 is 6.10 Å². The normalized spacial score (nSPS) is 18.5. The molecule has 0 saturated heterocycles. The van der Waals surface area contributed by atoms with Crippen molar-refractivity contribution in [1.82, 2.24) is 14.8 Å². The number of nitrogens with zero attached hydrogens (tertiary/aromatic N) is 3. The molecule has 2 aliphatic heterocycles. The summed E-state index contributed by atoms with van der Waals surface area (Å²) in [4.78, 5) is 4.42. The summed E-state index contributed by atoms with van der Waals surface area (Å²) in [7, 11) is 1.63. The molecular weight excluding hydrogens is 487 g/mol. The zero-order chi connectivity index (χ0) is 22.5. The lowest BCUT2D eigenvalue weighted by Crippen LogP contribution is -2.32. The Kier molecular flexibility index (Phi) is 4.69. The lowest BCUT2D eigenvalue weighted by molar-refractivity contribution is 0.218. The van der Waals surface area contributed by atoms with Crippen molar-refractivity contribution in [3.05, 3.63) is 106 Å². The van der Waals surface area contributed by atoms with Gasteiger partial charge in [-0.15, -0.1) is 0 Å². The number of rotatable bonds is 3. The first-order valence-electron chi connectivity index (χ1n) is 10.4. The molecule has 4 aromatic rings. The monoisotopic (exact) mass is 504 g/mol. The summed E-state index contributed by atoms with van der Waals surface area (Å²) in [6.07, 6.45) is 0.851. The van der Waals surface area contributed by atoms with E-state index in [9.17, 15) is 0 Å². The molecule has 6 rings (SSSR count). The summed E-state index contributed by atoms with van der Waals surface area (Å²) in [5.74, 6) is 1.68. The lowest BCUT2D eigenvalue weighted by atomic mass is 9.84. The Morgan fingerprint density at radius 3 is 2.73 bits per heavy atom. The van der Waals surface area contributed by atoms with Crippen LogP contribution in [0.1, 0.15) is 28.8 Å². The Bertz CT molecular complexity index is 1420. The third-order valence-corrected chi connectivity index (χ3v) is 6.62. The maximum absolute atomic E-state index is 15.1. The van der Waals surface area contributed by atoms with E-state index in [1.54, 1.807) is 23.9 Å². The molecule has 0 radical (unpaired) electrons. The maximum atomic E-state index is 15.1. The van der Waals surface area contributed by atoms with Crippen LogP contribution in [0.15, 0.2) is 83.1 Å². The summed E-state index contributed by atoms with van der Waals surface area (Å²) >= 11 is 3.60. The van der Waals surface area contributed by atoms with Crippen LogP contribution in [-0.4, -0.2) is 21.9 Å². The predicted octanol–water partition coefficient (Wildman–Crippen LogP) is 5.75. The van der Waals surface area contributed by atoms with Gasteiger partial charge in [0.25, 0.3) is 0 Å². The Balaban J connectivity index is 1.63. The number of aromatic nitrogens is 3. The number of methoxy groups -OCH3 is 1. The largest absolute Gasteiger partial charge is 0.496 e. The maximum Gasteiger partial charge on any atom is 0.226 e. The second-order valence-electron chi connectivity index (χ2n) is 7.80. The third kappa shape index (κ3) is 3.13. The minimum atomic E-state index is -0.660. The van der Waals surface area contributed by atoms with E-state index in [1.807, 2.05) is 48.5 Å². The molecule has 8 heteroatoms. The fourth-order valence-electron chi connectivity index (χ4n) is 4.54. The molecule has 6 nitrogen and oxygen atoms in total. The number of hydrogen-bond acceptors (Lipinski definition) is 5. The van der Waals surface area contributed by atoms with Crippen molar-refractivity contribution >= 4 is 27.6 Å². The van der Waals surface area contributed by atoms with Crippen LogP contribution in [-0.2, 0) is 0 Å². The van der Waals surface area contributed by atoms with E-state index in [0.717, 1.165) is 32.6 Å². The van der Waals surface area contributed by atoms with Crippen molar-refractivity contribution in [2.75, 3.05) is 12.4 Å². The minimum absolute atomic E-state index is 0.326. The predicted molar refractivity (Wildman–Crippen MR) is 126 cm³/mol. The molecule has 0 amide bonds. The van der Waals surface area contributed by atoms with Crippen LogP contribution in [0, 0.1) is 5.82 Å². The Labute approximate surface area is 197 Å². The third-order valence-electron chi connectivity index (χ3n) is 6.00. The van der Waals surface area contributed by atoms with E-state index in [-0.39, 0.29) is 11.9 Å². The highest BCUT2D eigenvalue weighted by Gasteiger charge is 2.41. The number of nitrogens with one attached hydrogen (secondary N) is 1. The van der Waals surface area contributed by atoms with Crippen molar-refractivity contribution in [2.24, 2.45) is 0 Å². The molecular formula is C25H18BrFN4O2. The highest BCUT2D eigenvalue weighted by molar-refractivity contribution is 9.10. The number of benzene rings is 3. The number of halogens is 2. The summed E-state index contributed by atoms with van der Waals surface area (Å²) in [5.41, 5.74) is 4.00. The number of para-hydroxylation sites is 1. The Hall–Kier alpha value is -3.65. The number of ether oxygens (including phenoxy) is 2. The average molecular weight is 505 g/mol. The molecule has 1 N–H and O–H groups in total. The van der Waals surface area contributed by atoms with Gasteiger partial charge in [-0.3, -0.25) is 0 Å². The molecule has 2 atom stereocenters. The van der Waals surface area contributed by atoms with Crippen LogP contribution in [0.2, 0.25) is 0 Å². The van der Waals surface area contributed by atoms with Gasteiger partial charge in [-0.25, -0.2) is 9.07 Å². The molecule has 0 fully saturated rings. The molecule has 0 unspecified atom stereocenters. The minimum Gasteiger partial charge on any atom is -0.496 e. The second-order valence-corrected chi connectivity index (χ2v) is 8.65. The van der Waals surface area contributed by atoms with Gasteiger partial charge in [0.15, 0.2) is 6.10 Å². The van der Waals surface area contributed by atoms with Gasteiger partial charge in [-0.2, -0.15) is 10.1 Å². The average Bonchev–Trinajstić information content (AvgIpc) is 3.31. The van der Waals surface area contributed by atoms with Crippen molar-refractivity contribution in [3.63, 3.8) is 0 Å². The second kappa shape index (κ2) is 7.74. The van der Waals surface area contributed by atoms with Crippen LogP contribution in [0.3, 0.4) is 0 Å². The first kappa shape index (κ1) is 20.0. The quantitative estimate of drug-likeness (QED) is 0.385. The fraction of sp³-hybridized carbons (Fsp3) is 0.120. The smallest absolute Gasteiger partial charge is 0.226 e. The molecule has 3 heterocycles. The zero-order valence-corrected chi connectivity index (χ0v) is 19.1. The van der Waals surface area contributed by atoms with E-state index >= 15 is 4.39 Å². The van der Waals surface area contributed by atoms with Crippen LogP contribution >= 0.6 is 15.9 Å². The Morgan fingerprint density at radius 1 is 1.09 bits per heavy atom. The molecule has 2 aliphatic rings. The van der Waals surface area contributed by atoms with Gasteiger partial charge in [0.2, 0.25) is 5.95 Å². The van der Waals surface area contributed by atoms with Gasteiger partial charge in [-0.1, -0.05) is 36.4 Å². The zero-order valence-electron chi connectivity index (χ0n) is 17.5. The molecule has 164 valence electrons. The van der Waals surface area contributed by atoms with Crippen molar-refractivity contribution in [2.45, 2.75) is 12.1 Å². The van der Waals surface area contributed by atoms with E-state index in [2.05, 4.69) is 31.3 Å². The summed E-state index contributed by atoms with van der Waals surface area (Å²) < 4.78 is 29.5. The molecule has 0 bridgehead atoms. The van der Waals surface area contributed by atoms with E-state index in [1.165, 1.54) is 12.4 Å². The van der Waals surface area contributed by atoms with Gasteiger partial charge in [0.05, 0.1) is 17.3 Å². The number of hydrogen-bond donors (Lipinski definition) is 1. The SMILES string of the molecule is COc1ccc([C@H]2C3=C(Nc4ncnn42)c2ccccc2O[C@H]3c2ccccc2F)cc1Br. The first-order chi connectivity index (χ1) is 16.2. The highest BCUT2D eigenvalue weighted by atomic mass is 79.9. The van der Waals surface area contributed by atoms with Crippen LogP contribution in [0.5, 0.6) is 11.5 Å². The van der Waals surface area contributed by atoms with E-state index in [0.29, 0.717) is 17.3 Å². The summed E-state index contributed by atoms with van der Waals surface area (Å²) in [6, 6.07) is 19.9. The van der Waals surface area contributed by atoms with Crippen LogP contribution in [0.4, 0.5) is 10.3 Å². The topological polar surface area (TPSA) is 61.2 Å². The summed E-state index contributed by atoms with van der Waals surface area (Å²) in [5, 5.41) is 7.92. The highest BCUT2D eigenvalue weighted by Crippen LogP contribution is 2.51. The van der Waals surface area contributed by atoms with Crippen molar-refractivity contribution in [3.8, 4) is 11.5 Å². The molecule has 33 heavy (non-hydrogen) atoms.